The summed E-state index contributed by atoms with van der Waals surface area (Å²) in [5.41, 5.74) is 0. The Morgan fingerprint density at radius 1 is 0.476 bits per heavy atom. The third-order valence-corrected chi connectivity index (χ3v) is 10.5. The molecule has 0 bridgehead atoms. The number of ether oxygens (including phenoxy) is 3. The van der Waals surface area contributed by atoms with E-state index in [-0.39, 0.29) is 36.2 Å². The standard InChI is InChI=1S/C55H91NO7/c1-6-8-10-12-14-16-18-20-22-24-26-28-30-32-34-36-38-40-42-44-46-54(58)63-51(49-61-48-47-52(55(59)60)56(3,4)5)50-62-53(57)45-43-41-39-37-35-33-31-29-27-25-23-21-19-17-15-13-11-9-7-2/h8-11,14-17,20-23,26,28,32,34,51-52H,6-7,12-13,18-19,24-25,27,29-31,33,35-50H2,1-5H3/p+1/b10-8+,11-9+,16-14+,17-15+,22-20+,23-21+,28-26+,34-32+. The molecule has 358 valence electrons. The van der Waals surface area contributed by atoms with E-state index >= 15 is 0 Å². The van der Waals surface area contributed by atoms with E-state index in [2.05, 4.69) is 111 Å². The van der Waals surface area contributed by atoms with E-state index in [1.54, 1.807) is 0 Å². The molecule has 0 amide bonds. The van der Waals surface area contributed by atoms with Gasteiger partial charge in [-0.3, -0.25) is 9.59 Å². The van der Waals surface area contributed by atoms with Crippen molar-refractivity contribution in [3.8, 4) is 0 Å². The fourth-order valence-electron chi connectivity index (χ4n) is 6.72. The number of allylic oxidation sites excluding steroid dienone is 16. The van der Waals surface area contributed by atoms with Gasteiger partial charge < -0.3 is 23.8 Å². The fraction of sp³-hybridized carbons (Fsp3) is 0.655. The van der Waals surface area contributed by atoms with Crippen molar-refractivity contribution in [1.82, 2.24) is 0 Å². The number of carboxylic acids is 1. The largest absolute Gasteiger partial charge is 0.477 e. The van der Waals surface area contributed by atoms with Gasteiger partial charge in [-0.05, 0) is 89.9 Å². The number of likely N-dealkylation sites (N-methyl/N-ethyl adjacent to an activating group) is 1. The normalized spacial score (nSPS) is 13.7. The summed E-state index contributed by atoms with van der Waals surface area (Å²) in [6.07, 6.45) is 60.2. The first-order chi connectivity index (χ1) is 30.6. The number of hydrogen-bond acceptors (Lipinski definition) is 6. The lowest BCUT2D eigenvalue weighted by molar-refractivity contribution is -0.887. The van der Waals surface area contributed by atoms with Crippen molar-refractivity contribution in [2.24, 2.45) is 0 Å². The number of carboxylic acid groups (broad SMARTS) is 1. The summed E-state index contributed by atoms with van der Waals surface area (Å²) in [4.78, 5) is 37.1. The van der Waals surface area contributed by atoms with Crippen molar-refractivity contribution >= 4 is 17.9 Å². The SMILES string of the molecule is CC/C=C/C/C=C/C/C=C/C/C=C/C/C=C/CCCCCCC(=O)OC(COCCC(C(=O)O)[N+](C)(C)C)COC(=O)CCCCCCCCCCC/C=C/C/C=C/C/C=C/CC. The molecule has 0 aromatic heterocycles. The molecule has 0 aliphatic carbocycles. The molecule has 0 radical (unpaired) electrons. The van der Waals surface area contributed by atoms with Crippen molar-refractivity contribution < 1.29 is 38.2 Å². The Hall–Kier alpha value is -3.75. The zero-order chi connectivity index (χ0) is 46.3. The molecule has 0 heterocycles. The van der Waals surface area contributed by atoms with Crippen LogP contribution in [0.2, 0.25) is 0 Å². The van der Waals surface area contributed by atoms with Gasteiger partial charge in [-0.1, -0.05) is 169 Å². The van der Waals surface area contributed by atoms with E-state index < -0.39 is 18.1 Å². The summed E-state index contributed by atoms with van der Waals surface area (Å²) in [6, 6.07) is -0.626. The molecule has 0 aromatic carbocycles. The topological polar surface area (TPSA) is 99.1 Å². The van der Waals surface area contributed by atoms with Crippen LogP contribution >= 0.6 is 0 Å². The monoisotopic (exact) mass is 879 g/mol. The molecule has 0 aliphatic heterocycles. The lowest BCUT2D eigenvalue weighted by Gasteiger charge is -2.31. The Morgan fingerprint density at radius 2 is 0.841 bits per heavy atom. The molecule has 0 aliphatic rings. The minimum Gasteiger partial charge on any atom is -0.477 e. The van der Waals surface area contributed by atoms with Crippen LogP contribution < -0.4 is 0 Å². The van der Waals surface area contributed by atoms with E-state index in [9.17, 15) is 19.5 Å². The summed E-state index contributed by atoms with van der Waals surface area (Å²) < 4.78 is 17.3. The van der Waals surface area contributed by atoms with Crippen LogP contribution in [0.1, 0.15) is 181 Å². The van der Waals surface area contributed by atoms with Gasteiger partial charge in [0.05, 0.1) is 34.4 Å². The van der Waals surface area contributed by atoms with Crippen LogP contribution in [0, 0.1) is 0 Å². The lowest BCUT2D eigenvalue weighted by atomic mass is 10.1. The van der Waals surface area contributed by atoms with Crippen LogP contribution in [0.5, 0.6) is 0 Å². The molecular weight excluding hydrogens is 787 g/mol. The van der Waals surface area contributed by atoms with Gasteiger partial charge in [-0.2, -0.15) is 0 Å². The number of nitrogens with zero attached hydrogens (tertiary/aromatic N) is 1. The zero-order valence-corrected chi connectivity index (χ0v) is 40.7. The van der Waals surface area contributed by atoms with Gasteiger partial charge in [0.15, 0.2) is 12.1 Å². The molecule has 63 heavy (non-hydrogen) atoms. The van der Waals surface area contributed by atoms with Gasteiger partial charge in [0.1, 0.15) is 6.61 Å². The first kappa shape index (κ1) is 59.2. The van der Waals surface area contributed by atoms with Crippen LogP contribution in [-0.2, 0) is 28.6 Å². The highest BCUT2D eigenvalue weighted by molar-refractivity contribution is 5.72. The molecule has 1 N–H and O–H groups in total. The van der Waals surface area contributed by atoms with Crippen LogP contribution in [-0.4, -0.2) is 80.6 Å². The molecular formula is C55H92NO7+. The molecule has 0 spiro atoms. The van der Waals surface area contributed by atoms with Gasteiger partial charge in [0.25, 0.3) is 0 Å². The molecule has 0 fully saturated rings. The molecule has 0 rings (SSSR count). The van der Waals surface area contributed by atoms with E-state index in [1.807, 2.05) is 21.1 Å². The number of hydrogen-bond donors (Lipinski definition) is 1. The van der Waals surface area contributed by atoms with E-state index in [0.29, 0.717) is 19.3 Å². The van der Waals surface area contributed by atoms with Gasteiger partial charge in [-0.25, -0.2) is 4.79 Å². The van der Waals surface area contributed by atoms with Crippen molar-refractivity contribution in [1.29, 1.82) is 0 Å². The number of aliphatic carboxylic acids is 1. The highest BCUT2D eigenvalue weighted by atomic mass is 16.6. The van der Waals surface area contributed by atoms with Crippen LogP contribution in [0.4, 0.5) is 0 Å². The van der Waals surface area contributed by atoms with Gasteiger partial charge >= 0.3 is 17.9 Å². The molecule has 2 unspecified atom stereocenters. The number of carbonyl (C=O) groups is 3. The van der Waals surface area contributed by atoms with E-state index in [1.165, 1.54) is 38.5 Å². The predicted octanol–water partition coefficient (Wildman–Crippen LogP) is 14.2. The molecule has 0 aromatic rings. The van der Waals surface area contributed by atoms with Crippen molar-refractivity contribution in [3.63, 3.8) is 0 Å². The van der Waals surface area contributed by atoms with Crippen molar-refractivity contribution in [2.75, 3.05) is 41.0 Å². The van der Waals surface area contributed by atoms with Gasteiger partial charge in [-0.15, -0.1) is 0 Å². The first-order valence-electron chi connectivity index (χ1n) is 24.8. The third-order valence-electron chi connectivity index (χ3n) is 10.5. The second-order valence-electron chi connectivity index (χ2n) is 17.3. The Balaban J connectivity index is 4.35. The Bertz CT molecular complexity index is 1350. The van der Waals surface area contributed by atoms with Crippen LogP contribution in [0.15, 0.2) is 97.2 Å². The van der Waals surface area contributed by atoms with Crippen LogP contribution in [0.25, 0.3) is 0 Å². The fourth-order valence-corrected chi connectivity index (χ4v) is 6.72. The minimum absolute atomic E-state index is 0.0431. The maximum Gasteiger partial charge on any atom is 0.362 e. The second kappa shape index (κ2) is 44.8. The number of unbranched alkanes of at least 4 members (excludes halogenated alkanes) is 13. The number of carbonyl (C=O) groups excluding carboxylic acids is 2. The lowest BCUT2D eigenvalue weighted by Crippen LogP contribution is -2.50. The zero-order valence-electron chi connectivity index (χ0n) is 40.7. The summed E-state index contributed by atoms with van der Waals surface area (Å²) in [7, 11) is 5.51. The number of esters is 2. The molecule has 2 atom stereocenters. The Kier molecular flexibility index (Phi) is 42.2. The summed E-state index contributed by atoms with van der Waals surface area (Å²) in [6.45, 7) is 4.47. The highest BCUT2D eigenvalue weighted by Crippen LogP contribution is 2.14. The third kappa shape index (κ3) is 43.3. The smallest absolute Gasteiger partial charge is 0.362 e. The summed E-state index contributed by atoms with van der Waals surface area (Å²) in [5, 5.41) is 9.65. The van der Waals surface area contributed by atoms with E-state index in [4.69, 9.17) is 14.2 Å². The molecule has 0 saturated heterocycles. The van der Waals surface area contributed by atoms with Crippen LogP contribution in [0.3, 0.4) is 0 Å². The predicted molar refractivity (Wildman–Crippen MR) is 266 cm³/mol. The number of rotatable bonds is 43. The van der Waals surface area contributed by atoms with Gasteiger partial charge in [0, 0.05) is 19.3 Å². The van der Waals surface area contributed by atoms with Gasteiger partial charge in [0.2, 0.25) is 0 Å². The summed E-state index contributed by atoms with van der Waals surface area (Å²) in [5.74, 6) is -1.52. The minimum atomic E-state index is -0.884. The average molecular weight is 879 g/mol. The first-order valence-corrected chi connectivity index (χ1v) is 24.8. The molecule has 8 heteroatoms. The average Bonchev–Trinajstić information content (AvgIpc) is 3.24. The summed E-state index contributed by atoms with van der Waals surface area (Å²) >= 11 is 0. The molecule has 8 nitrogen and oxygen atoms in total. The van der Waals surface area contributed by atoms with Crippen molar-refractivity contribution in [2.45, 2.75) is 193 Å². The number of quaternary nitrogens is 1. The molecule has 0 saturated carbocycles. The Labute approximate surface area is 386 Å². The van der Waals surface area contributed by atoms with Crippen molar-refractivity contribution in [3.05, 3.63) is 97.2 Å². The van der Waals surface area contributed by atoms with E-state index in [0.717, 1.165) is 109 Å². The highest BCUT2D eigenvalue weighted by Gasteiger charge is 2.31. The second-order valence-corrected chi connectivity index (χ2v) is 17.3. The quantitative estimate of drug-likeness (QED) is 0.0282. The Morgan fingerprint density at radius 3 is 1.24 bits per heavy atom. The maximum atomic E-state index is 12.8. The maximum absolute atomic E-state index is 12.8.